The number of thiocarbonyl (C=S) groups is 1. The summed E-state index contributed by atoms with van der Waals surface area (Å²) in [5.41, 5.74) is 6.53. The van der Waals surface area contributed by atoms with E-state index in [0.29, 0.717) is 5.69 Å². The van der Waals surface area contributed by atoms with Crippen molar-refractivity contribution in [3.05, 3.63) is 24.0 Å². The summed E-state index contributed by atoms with van der Waals surface area (Å²) < 4.78 is 0. The lowest BCUT2D eigenvalue weighted by atomic mass is 10.3. The highest BCUT2D eigenvalue weighted by Gasteiger charge is 2.13. The first-order valence-corrected chi connectivity index (χ1v) is 5.19. The van der Waals surface area contributed by atoms with Gasteiger partial charge in [0.1, 0.15) is 0 Å². The molecule has 90 valence electrons. The number of amides is 2. The Morgan fingerprint density at radius 3 is 2.71 bits per heavy atom. The normalized spacial score (nSPS) is 9.47. The number of rotatable bonds is 3. The molecule has 1 aromatic rings. The SMILES string of the molecule is Cc1cncc(NC(=O)C(=O)NCC(N)=S)c1. The van der Waals surface area contributed by atoms with Crippen molar-refractivity contribution in [2.45, 2.75) is 6.92 Å². The fourth-order valence-corrected chi connectivity index (χ4v) is 1.13. The number of nitrogens with zero attached hydrogens (tertiary/aromatic N) is 1. The summed E-state index contributed by atoms with van der Waals surface area (Å²) in [6.45, 7) is 1.82. The molecule has 0 aliphatic carbocycles. The van der Waals surface area contributed by atoms with E-state index in [2.05, 4.69) is 27.8 Å². The zero-order valence-corrected chi connectivity index (χ0v) is 10.0. The standard InChI is InChI=1S/C10H12N4O2S/c1-6-2-7(4-12-3-6)14-10(16)9(15)13-5-8(11)17/h2-4H,5H2,1H3,(H2,11,17)(H,13,15)(H,14,16). The molecular formula is C10H12N4O2S. The third kappa shape index (κ3) is 4.56. The van der Waals surface area contributed by atoms with Crippen LogP contribution in [-0.4, -0.2) is 28.3 Å². The van der Waals surface area contributed by atoms with Gasteiger partial charge in [-0.2, -0.15) is 0 Å². The van der Waals surface area contributed by atoms with Gasteiger partial charge in [-0.1, -0.05) is 12.2 Å². The van der Waals surface area contributed by atoms with E-state index in [1.165, 1.54) is 6.20 Å². The second kappa shape index (κ2) is 5.90. The molecule has 0 unspecified atom stereocenters. The van der Waals surface area contributed by atoms with Crippen LogP contribution >= 0.6 is 12.2 Å². The Kier molecular flexibility index (Phi) is 4.53. The van der Waals surface area contributed by atoms with Gasteiger partial charge in [-0.15, -0.1) is 0 Å². The van der Waals surface area contributed by atoms with Crippen molar-refractivity contribution < 1.29 is 9.59 Å². The van der Waals surface area contributed by atoms with Crippen LogP contribution < -0.4 is 16.4 Å². The Morgan fingerprint density at radius 1 is 1.41 bits per heavy atom. The monoisotopic (exact) mass is 252 g/mol. The zero-order valence-electron chi connectivity index (χ0n) is 9.19. The lowest BCUT2D eigenvalue weighted by Crippen LogP contribution is -2.39. The molecule has 1 rings (SSSR count). The predicted octanol–water partition coefficient (Wildman–Crippen LogP) is -0.269. The van der Waals surface area contributed by atoms with Gasteiger partial charge < -0.3 is 16.4 Å². The molecule has 0 saturated carbocycles. The van der Waals surface area contributed by atoms with Crippen LogP contribution in [0.15, 0.2) is 18.5 Å². The van der Waals surface area contributed by atoms with E-state index in [0.717, 1.165) is 5.56 Å². The van der Waals surface area contributed by atoms with Gasteiger partial charge >= 0.3 is 11.8 Å². The minimum absolute atomic E-state index is 0.00630. The molecule has 0 bridgehead atoms. The quantitative estimate of drug-likeness (QED) is 0.508. The molecule has 0 spiro atoms. The molecule has 0 aliphatic rings. The molecule has 0 fully saturated rings. The smallest absolute Gasteiger partial charge is 0.313 e. The van der Waals surface area contributed by atoms with E-state index in [4.69, 9.17) is 5.73 Å². The molecule has 7 heteroatoms. The minimum Gasteiger partial charge on any atom is -0.392 e. The number of hydrogen-bond acceptors (Lipinski definition) is 4. The fraction of sp³-hybridized carbons (Fsp3) is 0.200. The van der Waals surface area contributed by atoms with E-state index < -0.39 is 11.8 Å². The number of nitrogens with one attached hydrogen (secondary N) is 2. The second-order valence-corrected chi connectivity index (χ2v) is 3.88. The van der Waals surface area contributed by atoms with Gasteiger partial charge in [-0.25, -0.2) is 0 Å². The minimum atomic E-state index is -0.792. The molecule has 0 radical (unpaired) electrons. The van der Waals surface area contributed by atoms with E-state index in [1.54, 1.807) is 12.3 Å². The molecule has 6 nitrogen and oxygen atoms in total. The number of carbonyl (C=O) groups excluding carboxylic acids is 2. The Balaban J connectivity index is 2.54. The van der Waals surface area contributed by atoms with Crippen molar-refractivity contribution in [2.75, 3.05) is 11.9 Å². The number of aryl methyl sites for hydroxylation is 1. The lowest BCUT2D eigenvalue weighted by molar-refractivity contribution is -0.135. The molecular weight excluding hydrogens is 240 g/mol. The van der Waals surface area contributed by atoms with Crippen LogP contribution in [0.4, 0.5) is 5.69 Å². The Hall–Kier alpha value is -2.02. The largest absolute Gasteiger partial charge is 0.392 e. The van der Waals surface area contributed by atoms with E-state index >= 15 is 0 Å². The van der Waals surface area contributed by atoms with Gasteiger partial charge in [0.25, 0.3) is 0 Å². The first-order valence-electron chi connectivity index (χ1n) is 4.78. The molecule has 0 aliphatic heterocycles. The summed E-state index contributed by atoms with van der Waals surface area (Å²) in [6, 6.07) is 1.70. The predicted molar refractivity (Wildman–Crippen MR) is 67.4 cm³/mol. The van der Waals surface area contributed by atoms with Crippen LogP contribution in [0.5, 0.6) is 0 Å². The molecule has 0 saturated heterocycles. The Labute approximate surface area is 104 Å². The number of pyridine rings is 1. The van der Waals surface area contributed by atoms with Gasteiger partial charge in [0.05, 0.1) is 23.4 Å². The Morgan fingerprint density at radius 2 is 2.12 bits per heavy atom. The summed E-state index contributed by atoms with van der Waals surface area (Å²) in [6.07, 6.45) is 3.09. The number of anilines is 1. The van der Waals surface area contributed by atoms with Crippen LogP contribution in [0.25, 0.3) is 0 Å². The lowest BCUT2D eigenvalue weighted by Gasteiger charge is -2.05. The van der Waals surface area contributed by atoms with Crippen LogP contribution in [-0.2, 0) is 9.59 Å². The molecule has 1 aromatic heterocycles. The highest BCUT2D eigenvalue weighted by molar-refractivity contribution is 7.80. The average molecular weight is 252 g/mol. The maximum absolute atomic E-state index is 11.4. The van der Waals surface area contributed by atoms with Crippen molar-refractivity contribution in [2.24, 2.45) is 5.73 Å². The molecule has 17 heavy (non-hydrogen) atoms. The summed E-state index contributed by atoms with van der Waals surface area (Å²) in [5.74, 6) is -1.58. The summed E-state index contributed by atoms with van der Waals surface area (Å²) >= 11 is 4.57. The third-order valence-electron chi connectivity index (χ3n) is 1.76. The van der Waals surface area contributed by atoms with Gasteiger partial charge in [-0.05, 0) is 18.6 Å². The highest BCUT2D eigenvalue weighted by Crippen LogP contribution is 2.06. The maximum atomic E-state index is 11.4. The zero-order chi connectivity index (χ0) is 12.8. The van der Waals surface area contributed by atoms with E-state index in [1.807, 2.05) is 6.92 Å². The summed E-state index contributed by atoms with van der Waals surface area (Å²) in [7, 11) is 0. The van der Waals surface area contributed by atoms with Gasteiger partial charge in [0.15, 0.2) is 0 Å². The van der Waals surface area contributed by atoms with Gasteiger partial charge in [-0.3, -0.25) is 14.6 Å². The number of hydrogen-bond donors (Lipinski definition) is 3. The second-order valence-electron chi connectivity index (χ2n) is 3.35. The molecule has 4 N–H and O–H groups in total. The number of carbonyl (C=O) groups is 2. The van der Waals surface area contributed by atoms with Crippen molar-refractivity contribution in [1.82, 2.24) is 10.3 Å². The van der Waals surface area contributed by atoms with Crippen LogP contribution in [0, 0.1) is 6.92 Å². The molecule has 1 heterocycles. The van der Waals surface area contributed by atoms with Crippen LogP contribution in [0.1, 0.15) is 5.56 Å². The van der Waals surface area contributed by atoms with Crippen molar-refractivity contribution in [1.29, 1.82) is 0 Å². The Bertz CT molecular complexity index is 461. The number of aromatic nitrogens is 1. The van der Waals surface area contributed by atoms with Crippen molar-refractivity contribution in [3.8, 4) is 0 Å². The van der Waals surface area contributed by atoms with Crippen molar-refractivity contribution in [3.63, 3.8) is 0 Å². The first-order chi connectivity index (χ1) is 7.99. The summed E-state index contributed by atoms with van der Waals surface area (Å²) in [5, 5.41) is 4.69. The fourth-order valence-electron chi connectivity index (χ4n) is 1.06. The highest BCUT2D eigenvalue weighted by atomic mass is 32.1. The third-order valence-corrected chi connectivity index (χ3v) is 1.91. The average Bonchev–Trinajstić information content (AvgIpc) is 2.25. The first kappa shape index (κ1) is 13.0. The van der Waals surface area contributed by atoms with Crippen molar-refractivity contribution >= 4 is 34.7 Å². The molecule has 0 atom stereocenters. The molecule has 0 aromatic carbocycles. The van der Waals surface area contributed by atoms with Gasteiger partial charge in [0, 0.05) is 6.20 Å². The topological polar surface area (TPSA) is 97.1 Å². The maximum Gasteiger partial charge on any atom is 0.313 e. The van der Waals surface area contributed by atoms with E-state index in [9.17, 15) is 9.59 Å². The molecule has 2 amide bonds. The van der Waals surface area contributed by atoms with Crippen LogP contribution in [0.3, 0.4) is 0 Å². The number of nitrogens with two attached hydrogens (primary N) is 1. The van der Waals surface area contributed by atoms with E-state index in [-0.39, 0.29) is 11.5 Å². The summed E-state index contributed by atoms with van der Waals surface area (Å²) in [4.78, 5) is 26.7. The van der Waals surface area contributed by atoms with Gasteiger partial charge in [0.2, 0.25) is 0 Å². The van der Waals surface area contributed by atoms with Crippen LogP contribution in [0.2, 0.25) is 0 Å².